The monoisotopic (exact) mass is 355 g/mol. The zero-order valence-electron chi connectivity index (χ0n) is 16.8. The van der Waals surface area contributed by atoms with Crippen LogP contribution in [0.25, 0.3) is 0 Å². The van der Waals surface area contributed by atoms with Crippen LogP contribution in [0.2, 0.25) is 0 Å². The van der Waals surface area contributed by atoms with Gasteiger partial charge in [0.05, 0.1) is 0 Å². The van der Waals surface area contributed by atoms with Crippen molar-refractivity contribution in [3.8, 4) is 0 Å². The van der Waals surface area contributed by atoms with Crippen molar-refractivity contribution < 1.29 is 9.59 Å². The van der Waals surface area contributed by atoms with Gasteiger partial charge in [0.15, 0.2) is 0 Å². The molecule has 1 unspecified atom stereocenters. The lowest BCUT2D eigenvalue weighted by Crippen LogP contribution is -2.53. The number of imide groups is 1. The molecular formula is C23H33NO2. The van der Waals surface area contributed by atoms with Crippen LogP contribution in [0.15, 0.2) is 23.9 Å². The lowest BCUT2D eigenvalue weighted by atomic mass is 9.46. The number of rotatable bonds is 1. The number of nitrogens with zero attached hydrogens (tertiary/aromatic N) is 1. The van der Waals surface area contributed by atoms with Crippen molar-refractivity contribution in [3.63, 3.8) is 0 Å². The Morgan fingerprint density at radius 2 is 1.77 bits per heavy atom. The summed E-state index contributed by atoms with van der Waals surface area (Å²) in [6.07, 6.45) is 15.6. The van der Waals surface area contributed by atoms with Crippen molar-refractivity contribution in [1.29, 1.82) is 0 Å². The first-order chi connectivity index (χ1) is 12.3. The van der Waals surface area contributed by atoms with E-state index in [9.17, 15) is 9.59 Å². The minimum Gasteiger partial charge on any atom is -0.274 e. The summed E-state index contributed by atoms with van der Waals surface area (Å²) in [6, 6.07) is 0. The quantitative estimate of drug-likeness (QED) is 0.615. The van der Waals surface area contributed by atoms with Crippen LogP contribution in [-0.4, -0.2) is 16.7 Å². The van der Waals surface area contributed by atoms with E-state index in [1.165, 1.54) is 50.9 Å². The van der Waals surface area contributed by atoms with E-state index in [-0.39, 0.29) is 17.2 Å². The SMILES string of the molecule is CC(=O)N(C(C)=O)C1=CC[C@H]2[C@@H]3CCC4C=CCC[C@]4(C)[C@H]3CC[C@]12C. The van der Waals surface area contributed by atoms with Gasteiger partial charge in [-0.3, -0.25) is 14.5 Å². The number of carbonyl (C=O) groups is 2. The van der Waals surface area contributed by atoms with Crippen LogP contribution < -0.4 is 0 Å². The van der Waals surface area contributed by atoms with Crippen molar-refractivity contribution in [2.45, 2.75) is 72.6 Å². The van der Waals surface area contributed by atoms with Crippen LogP contribution in [0.4, 0.5) is 0 Å². The molecule has 0 heterocycles. The highest BCUT2D eigenvalue weighted by Crippen LogP contribution is 2.65. The molecule has 6 atom stereocenters. The van der Waals surface area contributed by atoms with Crippen LogP contribution in [0, 0.1) is 34.5 Å². The molecular weight excluding hydrogens is 322 g/mol. The highest BCUT2D eigenvalue weighted by molar-refractivity contribution is 5.95. The van der Waals surface area contributed by atoms with Crippen LogP contribution in [-0.2, 0) is 9.59 Å². The number of carbonyl (C=O) groups excluding carboxylic acids is 2. The molecule has 26 heavy (non-hydrogen) atoms. The Balaban J connectivity index is 1.64. The topological polar surface area (TPSA) is 37.4 Å². The van der Waals surface area contributed by atoms with Crippen molar-refractivity contribution >= 4 is 11.8 Å². The molecule has 2 fully saturated rings. The first-order valence-corrected chi connectivity index (χ1v) is 10.5. The van der Waals surface area contributed by atoms with Crippen molar-refractivity contribution in [2.75, 3.05) is 0 Å². The normalized spacial score (nSPS) is 43.8. The molecule has 0 aromatic rings. The molecule has 4 aliphatic carbocycles. The number of amides is 2. The lowest BCUT2D eigenvalue weighted by molar-refractivity contribution is -0.142. The second kappa shape index (κ2) is 6.07. The summed E-state index contributed by atoms with van der Waals surface area (Å²) in [5, 5.41) is 0. The molecule has 0 bridgehead atoms. The average molecular weight is 356 g/mol. The Morgan fingerprint density at radius 1 is 1.04 bits per heavy atom. The Labute approximate surface area is 157 Å². The van der Waals surface area contributed by atoms with Gasteiger partial charge in [-0.15, -0.1) is 0 Å². The van der Waals surface area contributed by atoms with E-state index in [0.29, 0.717) is 11.3 Å². The molecule has 0 spiro atoms. The summed E-state index contributed by atoms with van der Waals surface area (Å²) in [7, 11) is 0. The maximum atomic E-state index is 12.2. The van der Waals surface area contributed by atoms with E-state index >= 15 is 0 Å². The molecule has 0 N–H and O–H groups in total. The van der Waals surface area contributed by atoms with Gasteiger partial charge in [0, 0.05) is 25.0 Å². The van der Waals surface area contributed by atoms with Crippen LogP contribution >= 0.6 is 0 Å². The number of allylic oxidation sites excluding steroid dienone is 4. The number of fused-ring (bicyclic) bond motifs is 5. The van der Waals surface area contributed by atoms with Gasteiger partial charge < -0.3 is 0 Å². The molecule has 2 amide bonds. The van der Waals surface area contributed by atoms with E-state index in [1.54, 1.807) is 0 Å². The van der Waals surface area contributed by atoms with Crippen molar-refractivity contribution in [1.82, 2.24) is 4.90 Å². The predicted molar refractivity (Wildman–Crippen MR) is 103 cm³/mol. The van der Waals surface area contributed by atoms with E-state index < -0.39 is 0 Å². The van der Waals surface area contributed by atoms with Crippen LogP contribution in [0.5, 0.6) is 0 Å². The zero-order chi connectivity index (χ0) is 18.7. The lowest BCUT2D eigenvalue weighted by Gasteiger charge is -2.59. The highest BCUT2D eigenvalue weighted by Gasteiger charge is 2.58. The van der Waals surface area contributed by atoms with Crippen molar-refractivity contribution in [2.24, 2.45) is 34.5 Å². The second-order valence-electron chi connectivity index (χ2n) is 9.69. The Morgan fingerprint density at radius 3 is 2.46 bits per heavy atom. The molecule has 4 aliphatic rings. The van der Waals surface area contributed by atoms with E-state index in [2.05, 4.69) is 32.1 Å². The molecule has 3 heteroatoms. The van der Waals surface area contributed by atoms with Gasteiger partial charge in [0.1, 0.15) is 0 Å². The largest absolute Gasteiger partial charge is 0.274 e. The van der Waals surface area contributed by atoms with Gasteiger partial charge in [-0.2, -0.15) is 0 Å². The predicted octanol–water partition coefficient (Wildman–Crippen LogP) is 5.08. The molecule has 0 radical (unpaired) electrons. The Hall–Kier alpha value is -1.38. The van der Waals surface area contributed by atoms with Gasteiger partial charge in [-0.25, -0.2) is 0 Å². The van der Waals surface area contributed by atoms with E-state index in [4.69, 9.17) is 0 Å². The van der Waals surface area contributed by atoms with Crippen molar-refractivity contribution in [3.05, 3.63) is 23.9 Å². The first kappa shape index (κ1) is 18.0. The fraction of sp³-hybridized carbons (Fsp3) is 0.739. The standard InChI is InChI=1S/C23H33NO2/c1-15(25)24(16(2)26)21-11-10-19-18-9-8-17-7-5-6-13-22(17,3)20(18)12-14-23(19,21)4/h5,7,11,17-20H,6,8-10,12-14H2,1-4H3/t17?,18-,19-,20-,22-,23-/m0/s1. The van der Waals surface area contributed by atoms with E-state index in [0.717, 1.165) is 36.3 Å². The van der Waals surface area contributed by atoms with Gasteiger partial charge in [-0.05, 0) is 74.0 Å². The third-order valence-corrected chi connectivity index (χ3v) is 8.57. The Bertz CT molecular complexity index is 678. The summed E-state index contributed by atoms with van der Waals surface area (Å²) in [4.78, 5) is 25.8. The minimum atomic E-state index is -0.138. The molecule has 0 saturated heterocycles. The van der Waals surface area contributed by atoms with Gasteiger partial charge in [-0.1, -0.05) is 32.1 Å². The van der Waals surface area contributed by atoms with Gasteiger partial charge >= 0.3 is 0 Å². The Kier molecular flexibility index (Phi) is 4.20. The molecule has 0 aliphatic heterocycles. The third kappa shape index (κ3) is 2.38. The maximum absolute atomic E-state index is 12.2. The fourth-order valence-electron chi connectivity index (χ4n) is 7.28. The minimum absolute atomic E-state index is 0.0216. The highest BCUT2D eigenvalue weighted by atomic mass is 16.2. The summed E-state index contributed by atoms with van der Waals surface area (Å²) < 4.78 is 0. The average Bonchev–Trinajstić information content (AvgIpc) is 2.91. The second-order valence-corrected chi connectivity index (χ2v) is 9.69. The van der Waals surface area contributed by atoms with Crippen LogP contribution in [0.3, 0.4) is 0 Å². The molecule has 2 saturated carbocycles. The van der Waals surface area contributed by atoms with Crippen LogP contribution in [0.1, 0.15) is 72.6 Å². The van der Waals surface area contributed by atoms with E-state index in [1.807, 2.05) is 0 Å². The third-order valence-electron chi connectivity index (χ3n) is 8.57. The molecule has 0 aromatic heterocycles. The molecule has 142 valence electrons. The number of hydrogen-bond acceptors (Lipinski definition) is 2. The summed E-state index contributed by atoms with van der Waals surface area (Å²) in [6.45, 7) is 7.90. The summed E-state index contributed by atoms with van der Waals surface area (Å²) in [5.41, 5.74) is 1.42. The number of hydrogen-bond donors (Lipinski definition) is 0. The first-order valence-electron chi connectivity index (χ1n) is 10.5. The zero-order valence-corrected chi connectivity index (χ0v) is 16.8. The smallest absolute Gasteiger partial charge is 0.230 e. The molecule has 3 nitrogen and oxygen atoms in total. The maximum Gasteiger partial charge on any atom is 0.230 e. The van der Waals surface area contributed by atoms with Gasteiger partial charge in [0.2, 0.25) is 11.8 Å². The molecule has 4 rings (SSSR count). The molecule has 0 aromatic carbocycles. The summed E-state index contributed by atoms with van der Waals surface area (Å²) >= 11 is 0. The fourth-order valence-corrected chi connectivity index (χ4v) is 7.28. The van der Waals surface area contributed by atoms with Gasteiger partial charge in [0.25, 0.3) is 0 Å². The summed E-state index contributed by atoms with van der Waals surface area (Å²) in [5.74, 6) is 2.58.